The van der Waals surface area contributed by atoms with Crippen molar-refractivity contribution in [1.29, 1.82) is 0 Å². The first kappa shape index (κ1) is 7.93. The molecule has 1 N–H and O–H groups in total. The number of aromatic amines is 1. The van der Waals surface area contributed by atoms with Crippen LogP contribution in [0.3, 0.4) is 0 Å². The predicted octanol–water partition coefficient (Wildman–Crippen LogP) is 0.606. The lowest BCUT2D eigenvalue weighted by molar-refractivity contribution is 0.156. The number of hydrogen-bond donors (Lipinski definition) is 1. The normalized spacial score (nSPS) is 10.5. The molecule has 68 valence electrons. The fraction of sp³-hybridized carbons (Fsp3) is 0.286. The van der Waals surface area contributed by atoms with Crippen molar-refractivity contribution in [3.05, 3.63) is 18.2 Å². The number of nitrogens with zero attached hydrogens (tertiary/aromatic N) is 3. The third-order valence-corrected chi connectivity index (χ3v) is 1.50. The second-order valence-electron chi connectivity index (χ2n) is 2.45. The van der Waals surface area contributed by atoms with Crippen molar-refractivity contribution in [2.24, 2.45) is 0 Å². The van der Waals surface area contributed by atoms with Crippen LogP contribution in [-0.4, -0.2) is 27.4 Å². The summed E-state index contributed by atoms with van der Waals surface area (Å²) in [6, 6.07) is 1.75. The maximum Gasteiger partial charge on any atom is 0.177 e. The van der Waals surface area contributed by atoms with E-state index in [0.717, 1.165) is 0 Å². The Labute approximate surface area is 73.9 Å². The second kappa shape index (κ2) is 3.36. The van der Waals surface area contributed by atoms with E-state index < -0.39 is 0 Å². The molecule has 0 atom stereocenters. The van der Waals surface area contributed by atoms with Crippen molar-refractivity contribution in [3.63, 3.8) is 0 Å². The van der Waals surface area contributed by atoms with Gasteiger partial charge in [0.05, 0.1) is 0 Å². The van der Waals surface area contributed by atoms with Gasteiger partial charge in [-0.1, -0.05) is 5.16 Å². The van der Waals surface area contributed by atoms with Gasteiger partial charge in [-0.2, -0.15) is 5.10 Å². The van der Waals surface area contributed by atoms with Gasteiger partial charge in [0.15, 0.2) is 17.3 Å². The Morgan fingerprint density at radius 2 is 2.54 bits per heavy atom. The summed E-state index contributed by atoms with van der Waals surface area (Å²) in [5, 5.41) is 10.2. The molecule has 0 aliphatic rings. The van der Waals surface area contributed by atoms with Crippen molar-refractivity contribution in [2.75, 3.05) is 7.11 Å². The van der Waals surface area contributed by atoms with Gasteiger partial charge in [-0.3, -0.25) is 5.10 Å². The van der Waals surface area contributed by atoms with E-state index in [2.05, 4.69) is 20.3 Å². The minimum absolute atomic E-state index is 0.404. The van der Waals surface area contributed by atoms with E-state index in [1.165, 1.54) is 6.33 Å². The van der Waals surface area contributed by atoms with Crippen molar-refractivity contribution >= 4 is 0 Å². The molecule has 6 heteroatoms. The highest BCUT2D eigenvalue weighted by Gasteiger charge is 2.07. The second-order valence-corrected chi connectivity index (χ2v) is 2.45. The summed E-state index contributed by atoms with van der Waals surface area (Å²) in [7, 11) is 1.59. The van der Waals surface area contributed by atoms with Gasteiger partial charge < -0.3 is 9.26 Å². The molecular formula is C7H8N4O2. The standard InChI is InChI=1S/C7H8N4O2/c1-12-3-5-2-6(11-13-5)7-8-4-9-10-7/h2,4H,3H2,1H3,(H,8,9,10). The molecule has 0 unspecified atom stereocenters. The zero-order valence-corrected chi connectivity index (χ0v) is 7.02. The van der Waals surface area contributed by atoms with Gasteiger partial charge in [-0.05, 0) is 0 Å². The number of rotatable bonds is 3. The molecule has 2 aromatic heterocycles. The van der Waals surface area contributed by atoms with Gasteiger partial charge in [0.1, 0.15) is 12.9 Å². The van der Waals surface area contributed by atoms with Gasteiger partial charge in [0.2, 0.25) is 0 Å². The number of methoxy groups -OCH3 is 1. The molecule has 2 heterocycles. The first-order valence-corrected chi connectivity index (χ1v) is 3.70. The Morgan fingerprint density at radius 3 is 3.23 bits per heavy atom. The minimum Gasteiger partial charge on any atom is -0.377 e. The third kappa shape index (κ3) is 1.57. The fourth-order valence-electron chi connectivity index (χ4n) is 0.964. The molecular weight excluding hydrogens is 172 g/mol. The minimum atomic E-state index is 0.404. The van der Waals surface area contributed by atoms with Crippen LogP contribution in [0, 0.1) is 0 Å². The smallest absolute Gasteiger partial charge is 0.177 e. The number of ether oxygens (including phenoxy) is 1. The van der Waals surface area contributed by atoms with Gasteiger partial charge in [0, 0.05) is 13.2 Å². The molecule has 0 amide bonds. The average Bonchev–Trinajstić information content (AvgIpc) is 2.70. The quantitative estimate of drug-likeness (QED) is 0.748. The Bertz CT molecular complexity index is 368. The molecule has 2 rings (SSSR count). The lowest BCUT2D eigenvalue weighted by Gasteiger charge is -1.87. The third-order valence-electron chi connectivity index (χ3n) is 1.50. The molecule has 0 fully saturated rings. The summed E-state index contributed by atoms with van der Waals surface area (Å²) in [5.74, 6) is 1.25. The molecule has 6 nitrogen and oxygen atoms in total. The highest BCUT2D eigenvalue weighted by molar-refractivity contribution is 5.47. The van der Waals surface area contributed by atoms with E-state index in [0.29, 0.717) is 23.9 Å². The van der Waals surface area contributed by atoms with Crippen molar-refractivity contribution in [1.82, 2.24) is 20.3 Å². The SMILES string of the molecule is COCc1cc(-c2ncn[nH]2)no1. The van der Waals surface area contributed by atoms with Crippen LogP contribution in [0.1, 0.15) is 5.76 Å². The van der Waals surface area contributed by atoms with Crippen LogP contribution in [0.25, 0.3) is 11.5 Å². The number of nitrogens with one attached hydrogen (secondary N) is 1. The summed E-state index contributed by atoms with van der Waals surface area (Å²) in [6.45, 7) is 0.404. The topological polar surface area (TPSA) is 76.8 Å². The first-order valence-electron chi connectivity index (χ1n) is 3.70. The highest BCUT2D eigenvalue weighted by atomic mass is 16.5. The zero-order chi connectivity index (χ0) is 9.10. The van der Waals surface area contributed by atoms with E-state index in [1.54, 1.807) is 13.2 Å². The maximum absolute atomic E-state index is 4.97. The van der Waals surface area contributed by atoms with Crippen LogP contribution in [0.15, 0.2) is 16.9 Å². The molecule has 0 aliphatic heterocycles. The molecule has 0 spiro atoms. The van der Waals surface area contributed by atoms with E-state index >= 15 is 0 Å². The Morgan fingerprint density at radius 1 is 1.62 bits per heavy atom. The van der Waals surface area contributed by atoms with Gasteiger partial charge in [-0.25, -0.2) is 4.98 Å². The number of hydrogen-bond acceptors (Lipinski definition) is 5. The fourth-order valence-corrected chi connectivity index (χ4v) is 0.964. The highest BCUT2D eigenvalue weighted by Crippen LogP contribution is 2.13. The van der Waals surface area contributed by atoms with Crippen LogP contribution in [-0.2, 0) is 11.3 Å². The molecule has 0 aliphatic carbocycles. The Kier molecular flexibility index (Phi) is 2.05. The first-order chi connectivity index (χ1) is 6.40. The van der Waals surface area contributed by atoms with E-state index in [1.807, 2.05) is 0 Å². The molecule has 0 radical (unpaired) electrons. The summed E-state index contributed by atoms with van der Waals surface area (Å²) in [6.07, 6.45) is 1.42. The lowest BCUT2D eigenvalue weighted by Crippen LogP contribution is -1.82. The van der Waals surface area contributed by atoms with Crippen LogP contribution in [0.2, 0.25) is 0 Å². The van der Waals surface area contributed by atoms with E-state index in [-0.39, 0.29) is 0 Å². The Hall–Kier alpha value is -1.69. The van der Waals surface area contributed by atoms with E-state index in [9.17, 15) is 0 Å². The summed E-state index contributed by atoms with van der Waals surface area (Å²) in [4.78, 5) is 3.93. The van der Waals surface area contributed by atoms with Crippen molar-refractivity contribution in [2.45, 2.75) is 6.61 Å². The Balaban J connectivity index is 2.23. The monoisotopic (exact) mass is 180 g/mol. The predicted molar refractivity (Wildman–Crippen MR) is 42.6 cm³/mol. The summed E-state index contributed by atoms with van der Waals surface area (Å²) < 4.78 is 9.84. The van der Waals surface area contributed by atoms with Crippen molar-refractivity contribution in [3.8, 4) is 11.5 Å². The maximum atomic E-state index is 4.97. The van der Waals surface area contributed by atoms with Gasteiger partial charge in [-0.15, -0.1) is 0 Å². The largest absolute Gasteiger partial charge is 0.377 e. The molecule has 0 bridgehead atoms. The molecule has 2 aromatic rings. The molecule has 13 heavy (non-hydrogen) atoms. The lowest BCUT2D eigenvalue weighted by atomic mass is 10.3. The van der Waals surface area contributed by atoms with Crippen LogP contribution >= 0.6 is 0 Å². The summed E-state index contributed by atoms with van der Waals surface area (Å²) >= 11 is 0. The van der Waals surface area contributed by atoms with Crippen LogP contribution in [0.4, 0.5) is 0 Å². The number of H-pyrrole nitrogens is 1. The average molecular weight is 180 g/mol. The van der Waals surface area contributed by atoms with E-state index in [4.69, 9.17) is 9.26 Å². The summed E-state index contributed by atoms with van der Waals surface area (Å²) in [5.41, 5.74) is 0.629. The number of aromatic nitrogens is 4. The van der Waals surface area contributed by atoms with Crippen LogP contribution in [0.5, 0.6) is 0 Å². The molecule has 0 saturated carbocycles. The van der Waals surface area contributed by atoms with Crippen molar-refractivity contribution < 1.29 is 9.26 Å². The molecule has 0 aromatic carbocycles. The zero-order valence-electron chi connectivity index (χ0n) is 7.02. The van der Waals surface area contributed by atoms with Crippen LogP contribution < -0.4 is 0 Å². The molecule has 0 saturated heterocycles. The van der Waals surface area contributed by atoms with Gasteiger partial charge in [0.25, 0.3) is 0 Å². The van der Waals surface area contributed by atoms with Gasteiger partial charge >= 0.3 is 0 Å².